The normalized spacial score (nSPS) is 20.8. The standard InChI is InChI=1S/C44H42N8O6/c1-26(53)51(33-12-8-31(9-13-33)46-44-45-22-30-4-2-3-5-37(30)47-44)32-10-6-28(7-11-32)29-18-19-49(40(55)20-29)23-27-24-50(25-27)34-14-15-35-36(21-34)43(58)52(42(35)57)38-16-17-39(54)48-41(38)56/h2-7,10-11,14-15,18-22,27,31,33,38H,8-9,12-13,16-17,23-25H2,1H3,(H,45,46,47)(H,48,54,56). The van der Waals surface area contributed by atoms with E-state index in [0.717, 1.165) is 64.0 Å². The molecule has 1 saturated carbocycles. The van der Waals surface area contributed by atoms with Gasteiger partial charge in [0.1, 0.15) is 6.04 Å². The van der Waals surface area contributed by atoms with Gasteiger partial charge >= 0.3 is 0 Å². The molecule has 1 unspecified atom stereocenters. The quantitative estimate of drug-likeness (QED) is 0.199. The van der Waals surface area contributed by atoms with Crippen LogP contribution in [0.3, 0.4) is 0 Å². The lowest BCUT2D eigenvalue weighted by atomic mass is 9.89. The average Bonchev–Trinajstić information content (AvgIpc) is 3.45. The maximum Gasteiger partial charge on any atom is 0.262 e. The van der Waals surface area contributed by atoms with Gasteiger partial charge in [-0.25, -0.2) is 9.97 Å². The van der Waals surface area contributed by atoms with Crippen molar-refractivity contribution in [3.8, 4) is 11.1 Å². The fourth-order valence-corrected chi connectivity index (χ4v) is 8.84. The van der Waals surface area contributed by atoms with Gasteiger partial charge in [0.15, 0.2) is 0 Å². The number of carbonyl (C=O) groups excluding carboxylic acids is 5. The number of carbonyl (C=O) groups is 5. The summed E-state index contributed by atoms with van der Waals surface area (Å²) in [5, 5.41) is 6.71. The number of fused-ring (bicyclic) bond motifs is 2. The molecule has 4 aliphatic rings. The van der Waals surface area contributed by atoms with Crippen LogP contribution in [0.4, 0.5) is 17.3 Å². The van der Waals surface area contributed by atoms with E-state index in [9.17, 15) is 28.8 Å². The van der Waals surface area contributed by atoms with Crippen LogP contribution in [0.25, 0.3) is 22.0 Å². The lowest BCUT2D eigenvalue weighted by Gasteiger charge is -2.41. The third-order valence-electron chi connectivity index (χ3n) is 11.9. The van der Waals surface area contributed by atoms with Crippen molar-refractivity contribution in [1.82, 2.24) is 24.8 Å². The molecule has 1 atom stereocenters. The fraction of sp³-hybridized carbons (Fsp3) is 0.318. The van der Waals surface area contributed by atoms with Crippen LogP contribution in [0.5, 0.6) is 0 Å². The zero-order valence-corrected chi connectivity index (χ0v) is 32.0. The number of hydrogen-bond donors (Lipinski definition) is 2. The number of para-hydroxylation sites is 1. The summed E-state index contributed by atoms with van der Waals surface area (Å²) in [5.41, 5.74) is 4.58. The van der Waals surface area contributed by atoms with Gasteiger partial charge in [-0.2, -0.15) is 0 Å². The van der Waals surface area contributed by atoms with Crippen molar-refractivity contribution in [2.75, 3.05) is 28.2 Å². The van der Waals surface area contributed by atoms with Gasteiger partial charge in [0.05, 0.1) is 16.6 Å². The minimum Gasteiger partial charge on any atom is -0.371 e. The van der Waals surface area contributed by atoms with E-state index in [-0.39, 0.29) is 53.4 Å². The number of imide groups is 2. The molecule has 3 aromatic carbocycles. The lowest BCUT2D eigenvalue weighted by Crippen LogP contribution is -2.54. The van der Waals surface area contributed by atoms with Gasteiger partial charge in [0.25, 0.3) is 17.4 Å². The first-order valence-corrected chi connectivity index (χ1v) is 19.8. The van der Waals surface area contributed by atoms with Crippen LogP contribution in [-0.4, -0.2) is 80.2 Å². The third-order valence-corrected chi connectivity index (χ3v) is 11.9. The first-order chi connectivity index (χ1) is 28.1. The molecule has 1 aliphatic carbocycles. The van der Waals surface area contributed by atoms with Crippen molar-refractivity contribution >= 4 is 57.8 Å². The van der Waals surface area contributed by atoms with E-state index in [1.54, 1.807) is 35.8 Å². The Morgan fingerprint density at radius 1 is 0.845 bits per heavy atom. The number of piperidine rings is 1. The number of nitrogens with one attached hydrogen (secondary N) is 2. The Balaban J connectivity index is 0.791. The molecule has 0 radical (unpaired) electrons. The average molecular weight is 779 g/mol. The van der Waals surface area contributed by atoms with E-state index >= 15 is 0 Å². The Labute approximate surface area is 333 Å². The monoisotopic (exact) mass is 778 g/mol. The highest BCUT2D eigenvalue weighted by atomic mass is 16.2. The van der Waals surface area contributed by atoms with E-state index in [0.29, 0.717) is 25.6 Å². The second-order valence-electron chi connectivity index (χ2n) is 15.7. The van der Waals surface area contributed by atoms with Gasteiger partial charge in [0.2, 0.25) is 23.7 Å². The summed E-state index contributed by atoms with van der Waals surface area (Å²) in [5.74, 6) is -1.30. The van der Waals surface area contributed by atoms with Crippen molar-refractivity contribution in [3.63, 3.8) is 0 Å². The fourth-order valence-electron chi connectivity index (χ4n) is 8.84. The number of anilines is 3. The molecule has 2 N–H and O–H groups in total. The van der Waals surface area contributed by atoms with Crippen LogP contribution in [0.1, 0.15) is 66.2 Å². The maximum absolute atomic E-state index is 13.3. The van der Waals surface area contributed by atoms with Gasteiger partial charge in [0, 0.05) is 86.2 Å². The summed E-state index contributed by atoms with van der Waals surface area (Å²) in [6.07, 6.45) is 7.31. The van der Waals surface area contributed by atoms with Crippen molar-refractivity contribution in [2.24, 2.45) is 5.92 Å². The van der Waals surface area contributed by atoms with Gasteiger partial charge in [-0.05, 0) is 85.7 Å². The number of hydrogen-bond acceptors (Lipinski definition) is 10. The number of rotatable bonds is 9. The van der Waals surface area contributed by atoms with Crippen LogP contribution in [0.2, 0.25) is 0 Å². The Morgan fingerprint density at radius 2 is 1.60 bits per heavy atom. The van der Waals surface area contributed by atoms with Gasteiger partial charge in [-0.15, -0.1) is 0 Å². The van der Waals surface area contributed by atoms with Crippen LogP contribution in [0, 0.1) is 5.92 Å². The molecule has 0 spiro atoms. The minimum absolute atomic E-state index is 0.00429. The van der Waals surface area contributed by atoms with Crippen molar-refractivity contribution < 1.29 is 24.0 Å². The molecule has 14 nitrogen and oxygen atoms in total. The van der Waals surface area contributed by atoms with Crippen molar-refractivity contribution in [2.45, 2.75) is 70.1 Å². The highest BCUT2D eigenvalue weighted by Crippen LogP contribution is 2.34. The first kappa shape index (κ1) is 36.9. The second kappa shape index (κ2) is 15.0. The highest BCUT2D eigenvalue weighted by molar-refractivity contribution is 6.23. The largest absolute Gasteiger partial charge is 0.371 e. The van der Waals surface area contributed by atoms with Gasteiger partial charge in [-0.3, -0.25) is 39.0 Å². The van der Waals surface area contributed by atoms with Gasteiger partial charge in [-0.1, -0.05) is 30.3 Å². The zero-order valence-electron chi connectivity index (χ0n) is 32.0. The first-order valence-electron chi connectivity index (χ1n) is 19.8. The second-order valence-corrected chi connectivity index (χ2v) is 15.7. The van der Waals surface area contributed by atoms with Gasteiger partial charge < -0.3 is 19.7 Å². The molecule has 2 saturated heterocycles. The number of nitrogens with zero attached hydrogens (tertiary/aromatic N) is 6. The molecular weight excluding hydrogens is 737 g/mol. The van der Waals surface area contributed by atoms with Crippen LogP contribution < -0.4 is 26.0 Å². The Hall–Kier alpha value is -6.70. The van der Waals surface area contributed by atoms with E-state index < -0.39 is 29.7 Å². The molecule has 3 fully saturated rings. The number of benzene rings is 3. The molecule has 5 amide bonds. The topological polar surface area (TPSA) is 167 Å². The van der Waals surface area contributed by atoms with Crippen LogP contribution in [-0.2, 0) is 20.9 Å². The minimum atomic E-state index is -1.01. The number of amides is 5. The molecular formula is C44H42N8O6. The predicted molar refractivity (Wildman–Crippen MR) is 217 cm³/mol. The summed E-state index contributed by atoms with van der Waals surface area (Å²) < 4.78 is 1.71. The summed E-state index contributed by atoms with van der Waals surface area (Å²) in [6, 6.07) is 23.7. The third kappa shape index (κ3) is 6.99. The van der Waals surface area contributed by atoms with Crippen molar-refractivity contribution in [1.29, 1.82) is 0 Å². The van der Waals surface area contributed by atoms with Crippen LogP contribution >= 0.6 is 0 Å². The molecule has 2 aromatic heterocycles. The van der Waals surface area contributed by atoms with E-state index in [2.05, 4.69) is 25.5 Å². The van der Waals surface area contributed by atoms with Crippen LogP contribution in [0.15, 0.2) is 96.1 Å². The smallest absolute Gasteiger partial charge is 0.262 e. The Bertz CT molecular complexity index is 2540. The lowest BCUT2D eigenvalue weighted by molar-refractivity contribution is -0.136. The number of pyridine rings is 1. The Morgan fingerprint density at radius 3 is 2.34 bits per heavy atom. The molecule has 9 rings (SSSR count). The molecule has 0 bridgehead atoms. The van der Waals surface area contributed by atoms with E-state index in [1.165, 1.54) is 0 Å². The summed E-state index contributed by atoms with van der Waals surface area (Å²) in [6.45, 7) is 3.46. The summed E-state index contributed by atoms with van der Waals surface area (Å²) in [7, 11) is 0. The van der Waals surface area contributed by atoms with Crippen molar-refractivity contribution in [3.05, 3.63) is 113 Å². The molecule has 3 aliphatic heterocycles. The summed E-state index contributed by atoms with van der Waals surface area (Å²) in [4.78, 5) is 90.7. The highest BCUT2D eigenvalue weighted by Gasteiger charge is 2.45. The number of aromatic nitrogens is 3. The molecule has 58 heavy (non-hydrogen) atoms. The SMILES string of the molecule is CC(=O)N(c1ccc(-c2ccn(CC3CN(c4ccc5c(c4)C(=O)N(C4CCC(=O)NC4=O)C5=O)C3)c(=O)c2)cc1)C1CCC(Nc2ncc3ccccc3n2)CC1. The molecule has 14 heteroatoms. The zero-order chi connectivity index (χ0) is 40.1. The Kier molecular flexibility index (Phi) is 9.54. The summed E-state index contributed by atoms with van der Waals surface area (Å²) >= 11 is 0. The molecule has 5 heterocycles. The van der Waals surface area contributed by atoms with E-state index in [1.807, 2.05) is 71.9 Å². The molecule has 5 aromatic rings. The maximum atomic E-state index is 13.3. The van der Waals surface area contributed by atoms with E-state index in [4.69, 9.17) is 0 Å². The molecule has 294 valence electrons. The predicted octanol–water partition coefficient (Wildman–Crippen LogP) is 4.77.